The van der Waals surface area contributed by atoms with Gasteiger partial charge in [-0.05, 0) is 46.3 Å². The number of hydrogen-bond donors (Lipinski definition) is 2. The Balaban J connectivity index is 2.43. The minimum atomic E-state index is -0.226. The maximum atomic E-state index is 12.3. The van der Waals surface area contributed by atoms with Crippen molar-refractivity contribution in [3.8, 4) is 0 Å². The van der Waals surface area contributed by atoms with Crippen molar-refractivity contribution >= 4 is 5.91 Å². The maximum Gasteiger partial charge on any atom is 0.227 e. The molecule has 0 spiro atoms. The second-order valence-corrected chi connectivity index (χ2v) is 5.70. The molecule has 0 aliphatic carbocycles. The molecule has 2 unspecified atom stereocenters. The van der Waals surface area contributed by atoms with Crippen molar-refractivity contribution in [3.63, 3.8) is 0 Å². The van der Waals surface area contributed by atoms with E-state index in [0.717, 1.165) is 45.6 Å². The van der Waals surface area contributed by atoms with Crippen LogP contribution in [-0.4, -0.2) is 49.6 Å². The Hall–Kier alpha value is -0.610. The number of rotatable bonds is 6. The van der Waals surface area contributed by atoms with Crippen molar-refractivity contribution < 1.29 is 4.79 Å². The van der Waals surface area contributed by atoms with Gasteiger partial charge in [0.05, 0.1) is 5.41 Å². The summed E-state index contributed by atoms with van der Waals surface area (Å²) >= 11 is 0. The first-order valence-corrected chi connectivity index (χ1v) is 7.26. The first-order chi connectivity index (χ1) is 8.51. The Morgan fingerprint density at radius 2 is 2.11 bits per heavy atom. The monoisotopic (exact) mass is 255 g/mol. The van der Waals surface area contributed by atoms with E-state index in [1.165, 1.54) is 0 Å². The molecule has 4 heteroatoms. The van der Waals surface area contributed by atoms with Crippen molar-refractivity contribution in [1.82, 2.24) is 15.5 Å². The molecule has 0 aromatic carbocycles. The zero-order chi connectivity index (χ0) is 13.6. The van der Waals surface area contributed by atoms with Crippen LogP contribution in [0.3, 0.4) is 0 Å². The summed E-state index contributed by atoms with van der Waals surface area (Å²) in [4.78, 5) is 14.7. The molecule has 1 heterocycles. The van der Waals surface area contributed by atoms with Gasteiger partial charge in [0.15, 0.2) is 0 Å². The van der Waals surface area contributed by atoms with Gasteiger partial charge in [-0.2, -0.15) is 0 Å². The van der Waals surface area contributed by atoms with Gasteiger partial charge in [-0.15, -0.1) is 0 Å². The van der Waals surface area contributed by atoms with Crippen LogP contribution in [0.25, 0.3) is 0 Å². The molecule has 1 saturated heterocycles. The van der Waals surface area contributed by atoms with Gasteiger partial charge in [0.1, 0.15) is 0 Å². The van der Waals surface area contributed by atoms with Gasteiger partial charge in [0, 0.05) is 19.1 Å². The third kappa shape index (κ3) is 4.25. The lowest BCUT2D eigenvalue weighted by Crippen LogP contribution is -2.52. The SMILES string of the molecule is CCN(CC)CC(C)NC(=O)C1(C)CCCNC1. The number of piperidine rings is 1. The minimum absolute atomic E-state index is 0.203. The lowest BCUT2D eigenvalue weighted by Gasteiger charge is -2.34. The summed E-state index contributed by atoms with van der Waals surface area (Å²) in [5.74, 6) is 0.203. The minimum Gasteiger partial charge on any atom is -0.352 e. The number of carbonyl (C=O) groups excluding carboxylic acids is 1. The van der Waals surface area contributed by atoms with E-state index in [9.17, 15) is 4.79 Å². The second-order valence-electron chi connectivity index (χ2n) is 5.70. The standard InChI is InChI=1S/C14H29N3O/c1-5-17(6-2)10-12(3)16-13(18)14(4)8-7-9-15-11-14/h12,15H,5-11H2,1-4H3,(H,16,18). The topological polar surface area (TPSA) is 44.4 Å². The van der Waals surface area contributed by atoms with Gasteiger partial charge >= 0.3 is 0 Å². The molecule has 1 aliphatic heterocycles. The quantitative estimate of drug-likeness (QED) is 0.750. The van der Waals surface area contributed by atoms with Gasteiger partial charge in [-0.25, -0.2) is 0 Å². The van der Waals surface area contributed by atoms with Crippen LogP contribution in [0.15, 0.2) is 0 Å². The molecular weight excluding hydrogens is 226 g/mol. The predicted octanol–water partition coefficient (Wildman–Crippen LogP) is 1.22. The van der Waals surface area contributed by atoms with Crippen molar-refractivity contribution in [2.45, 2.75) is 46.6 Å². The van der Waals surface area contributed by atoms with Crippen LogP contribution in [0.5, 0.6) is 0 Å². The zero-order valence-corrected chi connectivity index (χ0v) is 12.4. The fourth-order valence-corrected chi connectivity index (χ4v) is 2.56. The Kier molecular flexibility index (Phi) is 6.09. The molecule has 106 valence electrons. The molecule has 1 rings (SSSR count). The highest BCUT2D eigenvalue weighted by molar-refractivity contribution is 5.82. The van der Waals surface area contributed by atoms with E-state index in [1.807, 2.05) is 0 Å². The highest BCUT2D eigenvalue weighted by Gasteiger charge is 2.35. The summed E-state index contributed by atoms with van der Waals surface area (Å²) in [7, 11) is 0. The van der Waals surface area contributed by atoms with Crippen LogP contribution in [0, 0.1) is 5.41 Å². The van der Waals surface area contributed by atoms with E-state index in [2.05, 4.69) is 43.2 Å². The summed E-state index contributed by atoms with van der Waals surface area (Å²) in [5.41, 5.74) is -0.226. The molecule has 0 saturated carbocycles. The van der Waals surface area contributed by atoms with Crippen LogP contribution >= 0.6 is 0 Å². The van der Waals surface area contributed by atoms with E-state index in [0.29, 0.717) is 0 Å². The summed E-state index contributed by atoms with van der Waals surface area (Å²) in [6.07, 6.45) is 2.08. The lowest BCUT2D eigenvalue weighted by atomic mass is 9.82. The van der Waals surface area contributed by atoms with Crippen LogP contribution in [0.2, 0.25) is 0 Å². The number of carbonyl (C=O) groups is 1. The number of amides is 1. The second kappa shape index (κ2) is 7.10. The van der Waals surface area contributed by atoms with Crippen molar-refractivity contribution in [1.29, 1.82) is 0 Å². The van der Waals surface area contributed by atoms with Gasteiger partial charge in [-0.3, -0.25) is 4.79 Å². The first kappa shape index (κ1) is 15.4. The fraction of sp³-hybridized carbons (Fsp3) is 0.929. The van der Waals surface area contributed by atoms with Crippen LogP contribution < -0.4 is 10.6 Å². The molecule has 1 amide bonds. The molecule has 0 aromatic rings. The first-order valence-electron chi connectivity index (χ1n) is 7.26. The van der Waals surface area contributed by atoms with Crippen LogP contribution in [-0.2, 0) is 4.79 Å². The average Bonchev–Trinajstić information content (AvgIpc) is 2.36. The Morgan fingerprint density at radius 3 is 2.61 bits per heavy atom. The summed E-state index contributed by atoms with van der Waals surface area (Å²) < 4.78 is 0. The molecule has 2 N–H and O–H groups in total. The highest BCUT2D eigenvalue weighted by atomic mass is 16.2. The summed E-state index contributed by atoms with van der Waals surface area (Å²) in [5, 5.41) is 6.49. The fourth-order valence-electron chi connectivity index (χ4n) is 2.56. The number of hydrogen-bond acceptors (Lipinski definition) is 3. The summed E-state index contributed by atoms with van der Waals surface area (Å²) in [6.45, 7) is 13.3. The normalized spacial score (nSPS) is 26.1. The molecular formula is C14H29N3O. The third-order valence-electron chi connectivity index (χ3n) is 3.95. The van der Waals surface area contributed by atoms with Gasteiger partial charge in [0.25, 0.3) is 0 Å². The molecule has 4 nitrogen and oxygen atoms in total. The van der Waals surface area contributed by atoms with Gasteiger partial charge < -0.3 is 15.5 Å². The number of nitrogens with zero attached hydrogens (tertiary/aromatic N) is 1. The third-order valence-corrected chi connectivity index (χ3v) is 3.95. The molecule has 0 bridgehead atoms. The van der Waals surface area contributed by atoms with Gasteiger partial charge in [0.2, 0.25) is 5.91 Å². The van der Waals surface area contributed by atoms with Crippen LogP contribution in [0.1, 0.15) is 40.5 Å². The molecule has 1 fully saturated rings. The Morgan fingerprint density at radius 1 is 1.44 bits per heavy atom. The molecule has 0 aromatic heterocycles. The lowest BCUT2D eigenvalue weighted by molar-refractivity contribution is -0.131. The highest BCUT2D eigenvalue weighted by Crippen LogP contribution is 2.25. The molecule has 0 radical (unpaired) electrons. The smallest absolute Gasteiger partial charge is 0.227 e. The largest absolute Gasteiger partial charge is 0.352 e. The molecule has 2 atom stereocenters. The van der Waals surface area contributed by atoms with Gasteiger partial charge in [-0.1, -0.05) is 13.8 Å². The number of nitrogens with one attached hydrogen (secondary N) is 2. The van der Waals surface area contributed by atoms with Crippen molar-refractivity contribution in [2.24, 2.45) is 5.41 Å². The maximum absolute atomic E-state index is 12.3. The number of likely N-dealkylation sites (N-methyl/N-ethyl adjacent to an activating group) is 1. The van der Waals surface area contributed by atoms with Crippen molar-refractivity contribution in [3.05, 3.63) is 0 Å². The van der Waals surface area contributed by atoms with E-state index in [1.54, 1.807) is 0 Å². The molecule has 18 heavy (non-hydrogen) atoms. The van der Waals surface area contributed by atoms with E-state index >= 15 is 0 Å². The molecule has 1 aliphatic rings. The van der Waals surface area contributed by atoms with Crippen LogP contribution in [0.4, 0.5) is 0 Å². The Labute approximate surface area is 111 Å². The Bertz CT molecular complexity index is 258. The predicted molar refractivity (Wildman–Crippen MR) is 75.6 cm³/mol. The zero-order valence-electron chi connectivity index (χ0n) is 12.4. The summed E-state index contributed by atoms with van der Waals surface area (Å²) in [6, 6.07) is 0.219. The average molecular weight is 255 g/mol. The van der Waals surface area contributed by atoms with E-state index < -0.39 is 0 Å². The van der Waals surface area contributed by atoms with E-state index in [-0.39, 0.29) is 17.4 Å². The van der Waals surface area contributed by atoms with Crippen molar-refractivity contribution in [2.75, 3.05) is 32.7 Å². The van der Waals surface area contributed by atoms with E-state index in [4.69, 9.17) is 0 Å².